The maximum absolute atomic E-state index is 13.1. The normalized spacial score (nSPS) is 10.6. The van der Waals surface area contributed by atoms with E-state index in [1.54, 1.807) is 12.1 Å². The number of hydrogen-bond donors (Lipinski definition) is 1. The van der Waals surface area contributed by atoms with E-state index < -0.39 is 0 Å². The lowest BCUT2D eigenvalue weighted by Crippen LogP contribution is -2.28. The number of benzene rings is 3. The Hall–Kier alpha value is -2.40. The second-order valence-corrected chi connectivity index (χ2v) is 6.09. The topological polar surface area (TPSA) is 38.3 Å². The zero-order valence-electron chi connectivity index (χ0n) is 12.8. The number of halogens is 2. The minimum Gasteiger partial charge on any atom is -0.483 e. The Kier molecular flexibility index (Phi) is 5.11. The zero-order chi connectivity index (χ0) is 16.9. The van der Waals surface area contributed by atoms with Crippen LogP contribution in [0.3, 0.4) is 0 Å². The summed E-state index contributed by atoms with van der Waals surface area (Å²) in [4.78, 5) is 11.9. The lowest BCUT2D eigenvalue weighted by Gasteiger charge is -2.11. The highest BCUT2D eigenvalue weighted by Crippen LogP contribution is 2.32. The van der Waals surface area contributed by atoms with E-state index in [2.05, 4.69) is 21.2 Å². The summed E-state index contributed by atoms with van der Waals surface area (Å²) in [5, 5.41) is 4.82. The lowest BCUT2D eigenvalue weighted by atomic mass is 10.1. The number of hydrogen-bond acceptors (Lipinski definition) is 2. The molecule has 0 aliphatic carbocycles. The fourth-order valence-electron chi connectivity index (χ4n) is 2.37. The average molecular weight is 388 g/mol. The molecule has 0 aliphatic rings. The van der Waals surface area contributed by atoms with Crippen molar-refractivity contribution in [3.8, 4) is 5.75 Å². The number of ether oxygens (including phenoxy) is 1. The average Bonchev–Trinajstić information content (AvgIpc) is 2.60. The van der Waals surface area contributed by atoms with Gasteiger partial charge in [0.05, 0.1) is 4.47 Å². The monoisotopic (exact) mass is 387 g/mol. The Morgan fingerprint density at radius 3 is 2.75 bits per heavy atom. The highest BCUT2D eigenvalue weighted by molar-refractivity contribution is 9.10. The summed E-state index contributed by atoms with van der Waals surface area (Å²) in [6.45, 7) is 0.158. The van der Waals surface area contributed by atoms with Gasteiger partial charge in [0.2, 0.25) is 0 Å². The van der Waals surface area contributed by atoms with Crippen molar-refractivity contribution in [3.63, 3.8) is 0 Å². The van der Waals surface area contributed by atoms with Crippen molar-refractivity contribution in [2.75, 3.05) is 6.61 Å². The number of rotatable bonds is 5. The molecule has 0 heterocycles. The summed E-state index contributed by atoms with van der Waals surface area (Å²) in [5.41, 5.74) is 0.704. The van der Waals surface area contributed by atoms with Crippen LogP contribution in [0.2, 0.25) is 0 Å². The highest BCUT2D eigenvalue weighted by atomic mass is 79.9. The van der Waals surface area contributed by atoms with Crippen molar-refractivity contribution >= 4 is 32.6 Å². The quantitative estimate of drug-likeness (QED) is 0.702. The Morgan fingerprint density at radius 2 is 1.92 bits per heavy atom. The number of fused-ring (bicyclic) bond motifs is 1. The van der Waals surface area contributed by atoms with Crippen LogP contribution in [0.1, 0.15) is 5.56 Å². The van der Waals surface area contributed by atoms with Crippen LogP contribution >= 0.6 is 15.9 Å². The van der Waals surface area contributed by atoms with Crippen LogP contribution in [-0.4, -0.2) is 12.5 Å². The largest absolute Gasteiger partial charge is 0.483 e. The molecule has 0 aromatic heterocycles. The molecule has 0 atom stereocenters. The van der Waals surface area contributed by atoms with Gasteiger partial charge in [-0.2, -0.15) is 0 Å². The summed E-state index contributed by atoms with van der Waals surface area (Å²) < 4.78 is 19.5. The van der Waals surface area contributed by atoms with Crippen molar-refractivity contribution in [1.29, 1.82) is 0 Å². The van der Waals surface area contributed by atoms with Gasteiger partial charge in [-0.05, 0) is 50.5 Å². The number of carbonyl (C=O) groups excluding carboxylic acids is 1. The fourth-order valence-corrected chi connectivity index (χ4v) is 2.97. The minimum atomic E-state index is -0.321. The molecule has 0 aliphatic heterocycles. The lowest BCUT2D eigenvalue weighted by molar-refractivity contribution is -0.123. The third-order valence-electron chi connectivity index (χ3n) is 3.57. The first-order chi connectivity index (χ1) is 11.6. The van der Waals surface area contributed by atoms with Crippen molar-refractivity contribution in [2.24, 2.45) is 0 Å². The fraction of sp³-hybridized carbons (Fsp3) is 0.105. The van der Waals surface area contributed by atoms with E-state index in [-0.39, 0.29) is 24.9 Å². The van der Waals surface area contributed by atoms with Crippen molar-refractivity contribution in [3.05, 3.63) is 76.5 Å². The van der Waals surface area contributed by atoms with Crippen LogP contribution in [-0.2, 0) is 11.3 Å². The standard InChI is InChI=1S/C19H15BrFNO2/c20-19-16-7-2-1-5-14(16)8-9-17(19)24-12-18(23)22-11-13-4-3-6-15(21)10-13/h1-10H,11-12H2,(H,22,23). The number of nitrogens with one attached hydrogen (secondary N) is 1. The first-order valence-electron chi connectivity index (χ1n) is 7.44. The molecule has 0 spiro atoms. The molecule has 122 valence electrons. The van der Waals surface area contributed by atoms with E-state index in [1.807, 2.05) is 36.4 Å². The summed E-state index contributed by atoms with van der Waals surface area (Å²) in [7, 11) is 0. The van der Waals surface area contributed by atoms with Crippen LogP contribution in [0.15, 0.2) is 65.1 Å². The van der Waals surface area contributed by atoms with Gasteiger partial charge in [-0.25, -0.2) is 4.39 Å². The minimum absolute atomic E-state index is 0.105. The Bertz CT molecular complexity index is 882. The van der Waals surface area contributed by atoms with Gasteiger partial charge in [0.15, 0.2) is 6.61 Å². The summed E-state index contributed by atoms with van der Waals surface area (Å²) in [6, 6.07) is 17.8. The molecular formula is C19H15BrFNO2. The number of amides is 1. The van der Waals surface area contributed by atoms with E-state index in [0.29, 0.717) is 11.3 Å². The molecule has 1 N–H and O–H groups in total. The van der Waals surface area contributed by atoms with Crippen LogP contribution in [0.4, 0.5) is 4.39 Å². The van der Waals surface area contributed by atoms with Crippen molar-refractivity contribution in [2.45, 2.75) is 6.54 Å². The molecule has 3 aromatic carbocycles. The molecular weight excluding hydrogens is 373 g/mol. The second-order valence-electron chi connectivity index (χ2n) is 5.29. The van der Waals surface area contributed by atoms with Gasteiger partial charge in [-0.3, -0.25) is 4.79 Å². The van der Waals surface area contributed by atoms with E-state index >= 15 is 0 Å². The van der Waals surface area contributed by atoms with Gasteiger partial charge in [-0.1, -0.05) is 42.5 Å². The molecule has 3 aromatic rings. The summed E-state index contributed by atoms with van der Waals surface area (Å²) >= 11 is 3.52. The molecule has 1 amide bonds. The predicted molar refractivity (Wildman–Crippen MR) is 95.4 cm³/mol. The molecule has 0 saturated heterocycles. The molecule has 3 nitrogen and oxygen atoms in total. The second kappa shape index (κ2) is 7.45. The van der Waals surface area contributed by atoms with E-state index in [4.69, 9.17) is 4.74 Å². The van der Waals surface area contributed by atoms with Gasteiger partial charge in [0.1, 0.15) is 11.6 Å². The van der Waals surface area contributed by atoms with Gasteiger partial charge in [0.25, 0.3) is 5.91 Å². The zero-order valence-corrected chi connectivity index (χ0v) is 14.3. The molecule has 5 heteroatoms. The molecule has 0 unspecified atom stereocenters. The van der Waals surface area contributed by atoms with Crippen LogP contribution < -0.4 is 10.1 Å². The number of carbonyl (C=O) groups is 1. The Balaban J connectivity index is 1.59. The first kappa shape index (κ1) is 16.5. The smallest absolute Gasteiger partial charge is 0.258 e. The third kappa shape index (κ3) is 3.92. The van der Waals surface area contributed by atoms with Crippen molar-refractivity contribution in [1.82, 2.24) is 5.32 Å². The van der Waals surface area contributed by atoms with Crippen LogP contribution in [0.25, 0.3) is 10.8 Å². The molecule has 0 radical (unpaired) electrons. The third-order valence-corrected chi connectivity index (χ3v) is 4.38. The first-order valence-corrected chi connectivity index (χ1v) is 8.24. The maximum Gasteiger partial charge on any atom is 0.258 e. The molecule has 3 rings (SSSR count). The van der Waals surface area contributed by atoms with E-state index in [9.17, 15) is 9.18 Å². The molecule has 24 heavy (non-hydrogen) atoms. The Labute approximate surface area is 147 Å². The summed E-state index contributed by atoms with van der Waals surface area (Å²) in [5.74, 6) is 0.0204. The molecule has 0 bridgehead atoms. The highest BCUT2D eigenvalue weighted by Gasteiger charge is 2.08. The Morgan fingerprint density at radius 1 is 1.08 bits per heavy atom. The maximum atomic E-state index is 13.1. The van der Waals surface area contributed by atoms with Gasteiger partial charge >= 0.3 is 0 Å². The van der Waals surface area contributed by atoms with E-state index in [0.717, 1.165) is 15.2 Å². The van der Waals surface area contributed by atoms with Gasteiger partial charge in [-0.15, -0.1) is 0 Å². The van der Waals surface area contributed by atoms with Crippen LogP contribution in [0.5, 0.6) is 5.75 Å². The van der Waals surface area contributed by atoms with Crippen LogP contribution in [0, 0.1) is 5.82 Å². The summed E-state index contributed by atoms with van der Waals surface area (Å²) in [6.07, 6.45) is 0. The van der Waals surface area contributed by atoms with Gasteiger partial charge in [0, 0.05) is 6.54 Å². The van der Waals surface area contributed by atoms with E-state index in [1.165, 1.54) is 12.1 Å². The predicted octanol–water partition coefficient (Wildman–Crippen LogP) is 4.44. The van der Waals surface area contributed by atoms with Gasteiger partial charge < -0.3 is 10.1 Å². The SMILES string of the molecule is O=C(COc1ccc2ccccc2c1Br)NCc1cccc(F)c1. The molecule has 0 fully saturated rings. The molecule has 0 saturated carbocycles. The van der Waals surface area contributed by atoms with Crippen molar-refractivity contribution < 1.29 is 13.9 Å².